The third kappa shape index (κ3) is 3.80. The number of aromatic nitrogens is 6. The highest BCUT2D eigenvalue weighted by molar-refractivity contribution is 6.12. The van der Waals surface area contributed by atoms with Gasteiger partial charge >= 0.3 is 0 Å². The third-order valence-electron chi connectivity index (χ3n) is 8.48. The van der Waals surface area contributed by atoms with E-state index in [0.29, 0.717) is 23.3 Å². The SMILES string of the molecule is Cc1cn2c3cccc(C(C)C)c3c3ncc(Oc4cnc5c(c4)c4nc(C)cn4c4cccc(C(C)C)c54)cc3c2n1. The second kappa shape index (κ2) is 9.23. The van der Waals surface area contributed by atoms with Crippen LogP contribution in [0.1, 0.15) is 62.0 Å². The van der Waals surface area contributed by atoms with E-state index in [1.807, 2.05) is 26.2 Å². The van der Waals surface area contributed by atoms with E-state index in [0.717, 1.165) is 66.3 Å². The summed E-state index contributed by atoms with van der Waals surface area (Å²) in [5, 5.41) is 4.22. The summed E-state index contributed by atoms with van der Waals surface area (Å²) in [7, 11) is 0. The fourth-order valence-electron chi connectivity index (χ4n) is 6.62. The molecule has 43 heavy (non-hydrogen) atoms. The van der Waals surface area contributed by atoms with Crippen molar-refractivity contribution >= 4 is 54.9 Å². The minimum absolute atomic E-state index is 0.353. The van der Waals surface area contributed by atoms with Crippen LogP contribution in [0.2, 0.25) is 0 Å². The number of fused-ring (bicyclic) bond motifs is 12. The molecule has 7 heteroatoms. The van der Waals surface area contributed by atoms with E-state index in [9.17, 15) is 0 Å². The lowest BCUT2D eigenvalue weighted by atomic mass is 9.96. The number of rotatable bonds is 4. The third-order valence-corrected chi connectivity index (χ3v) is 8.48. The zero-order valence-corrected chi connectivity index (χ0v) is 25.2. The van der Waals surface area contributed by atoms with Crippen molar-refractivity contribution in [3.05, 3.63) is 95.8 Å². The van der Waals surface area contributed by atoms with Gasteiger partial charge in [0.1, 0.15) is 22.8 Å². The van der Waals surface area contributed by atoms with Gasteiger partial charge in [0.05, 0.1) is 45.8 Å². The van der Waals surface area contributed by atoms with Gasteiger partial charge in [-0.3, -0.25) is 18.8 Å². The molecule has 0 aliphatic rings. The first-order valence-electron chi connectivity index (χ1n) is 14.9. The Bertz CT molecular complexity index is 2240. The van der Waals surface area contributed by atoms with Crippen molar-refractivity contribution < 1.29 is 4.74 Å². The Morgan fingerprint density at radius 1 is 0.628 bits per heavy atom. The Hall–Kier alpha value is -5.04. The fraction of sp³-hybridized carbons (Fsp3) is 0.222. The van der Waals surface area contributed by atoms with Crippen molar-refractivity contribution in [2.24, 2.45) is 0 Å². The van der Waals surface area contributed by atoms with Crippen LogP contribution in [-0.4, -0.2) is 28.7 Å². The average Bonchev–Trinajstić information content (AvgIpc) is 3.59. The minimum Gasteiger partial charge on any atom is -0.454 e. The molecule has 0 saturated carbocycles. The van der Waals surface area contributed by atoms with Crippen LogP contribution in [0, 0.1) is 13.8 Å². The molecule has 2 aromatic carbocycles. The lowest BCUT2D eigenvalue weighted by Gasteiger charge is -2.16. The molecule has 0 atom stereocenters. The summed E-state index contributed by atoms with van der Waals surface area (Å²) in [5.41, 5.74) is 10.3. The van der Waals surface area contributed by atoms with E-state index < -0.39 is 0 Å². The van der Waals surface area contributed by atoms with Crippen LogP contribution in [-0.2, 0) is 0 Å². The summed E-state index contributed by atoms with van der Waals surface area (Å²) in [4.78, 5) is 19.7. The molecule has 0 aliphatic carbocycles. The normalized spacial score (nSPS) is 12.4. The maximum atomic E-state index is 6.49. The van der Waals surface area contributed by atoms with Crippen molar-refractivity contribution in [2.45, 2.75) is 53.4 Å². The van der Waals surface area contributed by atoms with Crippen molar-refractivity contribution in [3.63, 3.8) is 0 Å². The summed E-state index contributed by atoms with van der Waals surface area (Å²) in [5.74, 6) is 1.98. The lowest BCUT2D eigenvalue weighted by molar-refractivity contribution is 0.480. The van der Waals surface area contributed by atoms with Gasteiger partial charge in [0.15, 0.2) is 0 Å². The summed E-state index contributed by atoms with van der Waals surface area (Å²) in [6, 6.07) is 17.0. The molecule has 0 N–H and O–H groups in total. The molecule has 6 aromatic heterocycles. The van der Waals surface area contributed by atoms with Gasteiger partial charge in [-0.1, -0.05) is 52.0 Å². The van der Waals surface area contributed by atoms with E-state index in [-0.39, 0.29) is 0 Å². The number of hydrogen-bond acceptors (Lipinski definition) is 5. The Kier molecular flexibility index (Phi) is 5.51. The van der Waals surface area contributed by atoms with Crippen LogP contribution in [0.3, 0.4) is 0 Å². The highest BCUT2D eigenvalue weighted by Gasteiger charge is 2.19. The van der Waals surface area contributed by atoms with Gasteiger partial charge in [0, 0.05) is 33.9 Å². The van der Waals surface area contributed by atoms with Crippen LogP contribution >= 0.6 is 0 Å². The maximum Gasteiger partial charge on any atom is 0.147 e. The molecule has 0 spiro atoms. The summed E-state index contributed by atoms with van der Waals surface area (Å²) in [6.07, 6.45) is 7.80. The molecule has 0 aliphatic heterocycles. The smallest absolute Gasteiger partial charge is 0.147 e. The van der Waals surface area contributed by atoms with Crippen LogP contribution in [0.25, 0.3) is 54.9 Å². The Balaban J connectivity index is 1.34. The van der Waals surface area contributed by atoms with E-state index >= 15 is 0 Å². The van der Waals surface area contributed by atoms with Gasteiger partial charge < -0.3 is 4.74 Å². The number of pyridine rings is 4. The molecule has 0 bridgehead atoms. The minimum atomic E-state index is 0.353. The summed E-state index contributed by atoms with van der Waals surface area (Å²) >= 11 is 0. The number of nitrogens with zero attached hydrogens (tertiary/aromatic N) is 6. The van der Waals surface area contributed by atoms with Crippen LogP contribution in [0.15, 0.2) is 73.3 Å². The lowest BCUT2D eigenvalue weighted by Crippen LogP contribution is -1.99. The highest BCUT2D eigenvalue weighted by atomic mass is 16.5. The maximum absolute atomic E-state index is 6.49. The topological polar surface area (TPSA) is 69.6 Å². The Labute approximate surface area is 248 Å². The second-order valence-electron chi connectivity index (χ2n) is 12.2. The number of benzene rings is 2. The molecule has 0 radical (unpaired) electrons. The van der Waals surface area contributed by atoms with Crippen molar-refractivity contribution in [1.29, 1.82) is 0 Å². The van der Waals surface area contributed by atoms with Crippen molar-refractivity contribution in [1.82, 2.24) is 28.7 Å². The molecule has 8 rings (SSSR count). The Morgan fingerprint density at radius 2 is 1.07 bits per heavy atom. The quantitative estimate of drug-likeness (QED) is 0.200. The molecule has 7 nitrogen and oxygen atoms in total. The first-order valence-corrected chi connectivity index (χ1v) is 14.9. The van der Waals surface area contributed by atoms with Gasteiger partial charge in [-0.2, -0.15) is 0 Å². The molecular weight excluding hydrogens is 532 g/mol. The molecule has 0 amide bonds. The van der Waals surface area contributed by atoms with Gasteiger partial charge in [-0.15, -0.1) is 0 Å². The van der Waals surface area contributed by atoms with Crippen LogP contribution in [0.5, 0.6) is 11.5 Å². The van der Waals surface area contributed by atoms with E-state index in [1.54, 1.807) is 0 Å². The first kappa shape index (κ1) is 25.7. The zero-order chi connectivity index (χ0) is 29.6. The molecular formula is C36H32N6O. The number of ether oxygens (including phenoxy) is 1. The average molecular weight is 565 g/mol. The van der Waals surface area contributed by atoms with E-state index in [1.165, 1.54) is 11.1 Å². The Morgan fingerprint density at radius 3 is 1.49 bits per heavy atom. The van der Waals surface area contributed by atoms with Crippen molar-refractivity contribution in [2.75, 3.05) is 0 Å². The standard InChI is InChI=1S/C36H32N6O/c1-19(2)25-9-7-11-29-31(25)33-27(35-39-21(5)17-41(29)35)13-23(15-37-33)43-24-14-28-34(38-16-24)32-26(20(3)4)10-8-12-30(32)42-18-22(6)40-36(28)42/h7-20H,1-6H3. The monoisotopic (exact) mass is 564 g/mol. The van der Waals surface area contributed by atoms with Gasteiger partial charge in [-0.25, -0.2) is 9.97 Å². The number of hydrogen-bond donors (Lipinski definition) is 0. The summed E-state index contributed by atoms with van der Waals surface area (Å²) < 4.78 is 10.8. The van der Waals surface area contributed by atoms with Crippen LogP contribution < -0.4 is 4.74 Å². The van der Waals surface area contributed by atoms with E-state index in [2.05, 4.69) is 97.4 Å². The highest BCUT2D eigenvalue weighted by Crippen LogP contribution is 2.38. The molecule has 212 valence electrons. The van der Waals surface area contributed by atoms with E-state index in [4.69, 9.17) is 24.7 Å². The molecule has 0 fully saturated rings. The second-order valence-corrected chi connectivity index (χ2v) is 12.2. The molecule has 6 heterocycles. The van der Waals surface area contributed by atoms with Gasteiger partial charge in [0.25, 0.3) is 0 Å². The number of aryl methyl sites for hydroxylation is 2. The largest absolute Gasteiger partial charge is 0.454 e. The van der Waals surface area contributed by atoms with Crippen LogP contribution in [0.4, 0.5) is 0 Å². The summed E-state index contributed by atoms with van der Waals surface area (Å²) in [6.45, 7) is 12.9. The van der Waals surface area contributed by atoms with Crippen molar-refractivity contribution in [3.8, 4) is 11.5 Å². The zero-order valence-electron chi connectivity index (χ0n) is 25.2. The predicted molar refractivity (Wildman–Crippen MR) is 174 cm³/mol. The fourth-order valence-corrected chi connectivity index (χ4v) is 6.62. The predicted octanol–water partition coefficient (Wildman–Crippen LogP) is 9.04. The first-order chi connectivity index (χ1) is 20.8. The molecule has 8 aromatic rings. The van der Waals surface area contributed by atoms with Gasteiger partial charge in [-0.05, 0) is 61.1 Å². The molecule has 0 saturated heterocycles. The molecule has 0 unspecified atom stereocenters. The number of imidazole rings is 2. The van der Waals surface area contributed by atoms with Gasteiger partial charge in [0.2, 0.25) is 0 Å².